The molecule has 0 aliphatic heterocycles. The first-order valence-electron chi connectivity index (χ1n) is 4.98. The van der Waals surface area contributed by atoms with Gasteiger partial charge >= 0.3 is 0 Å². The Balaban J connectivity index is 4.69. The summed E-state index contributed by atoms with van der Waals surface area (Å²) in [4.78, 5) is 0. The van der Waals surface area contributed by atoms with Gasteiger partial charge in [-0.2, -0.15) is 0 Å². The number of hydrogen-bond donors (Lipinski definition) is 0. The second kappa shape index (κ2) is 4.11. The summed E-state index contributed by atoms with van der Waals surface area (Å²) in [7, 11) is 0. The molecule has 0 aliphatic carbocycles. The van der Waals surface area contributed by atoms with Crippen LogP contribution in [0.25, 0.3) is 0 Å². The van der Waals surface area contributed by atoms with Crippen LogP contribution in [-0.2, 0) is 0 Å². The molecule has 0 radical (unpaired) electrons. The fourth-order valence-electron chi connectivity index (χ4n) is 1.27. The Labute approximate surface area is 78.1 Å². The molecule has 0 fully saturated rings. The van der Waals surface area contributed by atoms with Gasteiger partial charge in [0.1, 0.15) is 0 Å². The van der Waals surface area contributed by atoms with Crippen molar-refractivity contribution in [3.05, 3.63) is 11.1 Å². The highest BCUT2D eigenvalue weighted by atomic mass is 14.2. The van der Waals surface area contributed by atoms with Crippen LogP contribution in [0.5, 0.6) is 0 Å². The molecule has 0 spiro atoms. The second-order valence-electron chi connectivity index (χ2n) is 4.87. The van der Waals surface area contributed by atoms with Gasteiger partial charge in [0, 0.05) is 0 Å². The Morgan fingerprint density at radius 3 is 1.83 bits per heavy atom. The summed E-state index contributed by atoms with van der Waals surface area (Å²) in [5, 5.41) is 0. The predicted molar refractivity (Wildman–Crippen MR) is 57.3 cm³/mol. The molecule has 0 heterocycles. The molecule has 1 atom stereocenters. The largest absolute Gasteiger partial charge is 0.0710 e. The molecule has 0 aliphatic rings. The SMILES string of the molecule is CC[C@@H](C)/C(C)=C(\C)C(C)(C)C. The van der Waals surface area contributed by atoms with Crippen LogP contribution < -0.4 is 0 Å². The van der Waals surface area contributed by atoms with E-state index in [1.165, 1.54) is 6.42 Å². The molecule has 0 aromatic rings. The monoisotopic (exact) mass is 168 g/mol. The zero-order chi connectivity index (χ0) is 9.94. The van der Waals surface area contributed by atoms with Crippen LogP contribution in [0.3, 0.4) is 0 Å². The van der Waals surface area contributed by atoms with Crippen molar-refractivity contribution in [1.29, 1.82) is 0 Å². The molecule has 0 saturated heterocycles. The molecule has 0 amide bonds. The Morgan fingerprint density at radius 1 is 1.17 bits per heavy atom. The summed E-state index contributed by atoms with van der Waals surface area (Å²) in [5.41, 5.74) is 3.47. The smallest absolute Gasteiger partial charge is 0.0173 e. The summed E-state index contributed by atoms with van der Waals surface area (Å²) < 4.78 is 0. The topological polar surface area (TPSA) is 0 Å². The quantitative estimate of drug-likeness (QED) is 0.536. The van der Waals surface area contributed by atoms with Gasteiger partial charge in [0.05, 0.1) is 0 Å². The van der Waals surface area contributed by atoms with Gasteiger partial charge < -0.3 is 0 Å². The summed E-state index contributed by atoms with van der Waals surface area (Å²) in [6.07, 6.45) is 1.25. The van der Waals surface area contributed by atoms with Gasteiger partial charge in [0.15, 0.2) is 0 Å². The minimum absolute atomic E-state index is 0.341. The second-order valence-corrected chi connectivity index (χ2v) is 4.87. The van der Waals surface area contributed by atoms with E-state index in [0.29, 0.717) is 5.41 Å². The summed E-state index contributed by atoms with van der Waals surface area (Å²) in [6, 6.07) is 0. The zero-order valence-electron chi connectivity index (χ0n) is 9.78. The van der Waals surface area contributed by atoms with Crippen molar-refractivity contribution < 1.29 is 0 Å². The van der Waals surface area contributed by atoms with Gasteiger partial charge in [0.2, 0.25) is 0 Å². The molecular weight excluding hydrogens is 144 g/mol. The fourth-order valence-corrected chi connectivity index (χ4v) is 1.27. The third-order valence-corrected chi connectivity index (χ3v) is 3.07. The van der Waals surface area contributed by atoms with E-state index in [-0.39, 0.29) is 0 Å². The van der Waals surface area contributed by atoms with E-state index in [2.05, 4.69) is 48.5 Å². The number of hydrogen-bond acceptors (Lipinski definition) is 0. The highest BCUT2D eigenvalue weighted by Gasteiger charge is 2.16. The van der Waals surface area contributed by atoms with Crippen molar-refractivity contribution in [2.75, 3.05) is 0 Å². The van der Waals surface area contributed by atoms with Gasteiger partial charge in [-0.3, -0.25) is 0 Å². The minimum Gasteiger partial charge on any atom is -0.0710 e. The van der Waals surface area contributed by atoms with E-state index in [1.807, 2.05) is 0 Å². The van der Waals surface area contributed by atoms with Gasteiger partial charge in [0.25, 0.3) is 0 Å². The van der Waals surface area contributed by atoms with Crippen LogP contribution in [-0.4, -0.2) is 0 Å². The summed E-state index contributed by atoms with van der Waals surface area (Å²) in [6.45, 7) is 16.0. The Hall–Kier alpha value is -0.260. The third-order valence-electron chi connectivity index (χ3n) is 3.07. The zero-order valence-corrected chi connectivity index (χ0v) is 9.78. The molecule has 0 aromatic carbocycles. The number of allylic oxidation sites excluding steroid dienone is 2. The lowest BCUT2D eigenvalue weighted by Crippen LogP contribution is -2.11. The highest BCUT2D eigenvalue weighted by molar-refractivity contribution is 5.17. The van der Waals surface area contributed by atoms with Gasteiger partial charge in [-0.25, -0.2) is 0 Å². The highest BCUT2D eigenvalue weighted by Crippen LogP contribution is 2.30. The van der Waals surface area contributed by atoms with E-state index in [4.69, 9.17) is 0 Å². The van der Waals surface area contributed by atoms with Crippen molar-refractivity contribution >= 4 is 0 Å². The maximum Gasteiger partial charge on any atom is -0.0173 e. The van der Waals surface area contributed by atoms with E-state index in [1.54, 1.807) is 11.1 Å². The maximum absolute atomic E-state index is 2.31. The van der Waals surface area contributed by atoms with Crippen molar-refractivity contribution in [3.63, 3.8) is 0 Å². The van der Waals surface area contributed by atoms with E-state index >= 15 is 0 Å². The maximum atomic E-state index is 2.31. The lowest BCUT2D eigenvalue weighted by atomic mass is 9.81. The molecule has 72 valence electrons. The van der Waals surface area contributed by atoms with Crippen molar-refractivity contribution in [2.24, 2.45) is 11.3 Å². The Morgan fingerprint density at radius 2 is 1.58 bits per heavy atom. The van der Waals surface area contributed by atoms with E-state index < -0.39 is 0 Å². The molecule has 0 heteroatoms. The molecule has 0 N–H and O–H groups in total. The Kier molecular flexibility index (Phi) is 4.02. The van der Waals surface area contributed by atoms with Crippen LogP contribution in [0, 0.1) is 11.3 Å². The first-order valence-corrected chi connectivity index (χ1v) is 4.98. The van der Waals surface area contributed by atoms with Gasteiger partial charge in [-0.15, -0.1) is 0 Å². The molecule has 0 saturated carbocycles. The van der Waals surface area contributed by atoms with Gasteiger partial charge in [-0.1, -0.05) is 45.8 Å². The van der Waals surface area contributed by atoms with Crippen LogP contribution in [0.1, 0.15) is 54.9 Å². The molecule has 12 heavy (non-hydrogen) atoms. The van der Waals surface area contributed by atoms with Crippen molar-refractivity contribution in [1.82, 2.24) is 0 Å². The number of rotatable bonds is 2. The molecule has 0 bridgehead atoms. The predicted octanol–water partition coefficient (Wildman–Crippen LogP) is 4.42. The molecule has 0 aromatic heterocycles. The fraction of sp³-hybridized carbons (Fsp3) is 0.833. The minimum atomic E-state index is 0.341. The van der Waals surface area contributed by atoms with Crippen LogP contribution in [0.15, 0.2) is 11.1 Å². The van der Waals surface area contributed by atoms with Gasteiger partial charge in [-0.05, 0) is 31.6 Å². The first-order chi connectivity index (χ1) is 5.30. The van der Waals surface area contributed by atoms with Crippen molar-refractivity contribution in [3.8, 4) is 0 Å². The lowest BCUT2D eigenvalue weighted by Gasteiger charge is -2.25. The van der Waals surface area contributed by atoms with Crippen LogP contribution in [0.2, 0.25) is 0 Å². The molecule has 0 nitrogen and oxygen atoms in total. The van der Waals surface area contributed by atoms with Crippen molar-refractivity contribution in [2.45, 2.75) is 54.9 Å². The lowest BCUT2D eigenvalue weighted by molar-refractivity contribution is 0.484. The molecular formula is C12H24. The summed E-state index contributed by atoms with van der Waals surface area (Å²) >= 11 is 0. The molecule has 0 unspecified atom stereocenters. The standard InChI is InChI=1S/C12H24/c1-8-9(2)10(3)11(4)12(5,6)7/h9H,8H2,1-7H3/b11-10+/t9-/m1/s1. The third kappa shape index (κ3) is 3.00. The molecule has 0 rings (SSSR count). The van der Waals surface area contributed by atoms with Crippen LogP contribution in [0.4, 0.5) is 0 Å². The first kappa shape index (κ1) is 11.7. The van der Waals surface area contributed by atoms with E-state index in [0.717, 1.165) is 5.92 Å². The van der Waals surface area contributed by atoms with Crippen LogP contribution >= 0.6 is 0 Å². The normalized spacial score (nSPS) is 17.2. The Bertz CT molecular complexity index is 167. The summed E-state index contributed by atoms with van der Waals surface area (Å²) in [5.74, 6) is 0.740. The van der Waals surface area contributed by atoms with E-state index in [9.17, 15) is 0 Å². The average Bonchev–Trinajstić information content (AvgIpc) is 1.98. The average molecular weight is 168 g/mol.